The van der Waals surface area contributed by atoms with Gasteiger partial charge in [0.05, 0.1) is 13.0 Å². The van der Waals surface area contributed by atoms with Crippen LogP contribution in [0.3, 0.4) is 0 Å². The number of amides is 1. The van der Waals surface area contributed by atoms with Gasteiger partial charge in [0.2, 0.25) is 5.91 Å². The van der Waals surface area contributed by atoms with Crippen molar-refractivity contribution in [1.29, 1.82) is 0 Å². The van der Waals surface area contributed by atoms with Gasteiger partial charge in [-0.2, -0.15) is 0 Å². The third kappa shape index (κ3) is 3.15. The molecule has 0 atom stereocenters. The van der Waals surface area contributed by atoms with Crippen LogP contribution in [0.1, 0.15) is 18.9 Å². The standard InChI is InChI=1S/C13H16N2O4/c1-2-14-13(16)5-6-18-9-3-4-10-11(15-17)8-19-12(10)7-9/h3-4,7,17H,2,5-6,8H2,1H3,(H,14,16). The topological polar surface area (TPSA) is 80.2 Å². The zero-order valence-corrected chi connectivity index (χ0v) is 10.7. The highest BCUT2D eigenvalue weighted by atomic mass is 16.5. The summed E-state index contributed by atoms with van der Waals surface area (Å²) in [6.45, 7) is 3.06. The molecule has 2 N–H and O–H groups in total. The van der Waals surface area contributed by atoms with E-state index in [1.54, 1.807) is 18.2 Å². The molecule has 6 heteroatoms. The summed E-state index contributed by atoms with van der Waals surface area (Å²) in [5, 5.41) is 14.6. The molecule has 1 aromatic carbocycles. The maximum absolute atomic E-state index is 11.2. The molecular formula is C13H16N2O4. The Balaban J connectivity index is 1.91. The van der Waals surface area contributed by atoms with Crippen LogP contribution in [0.2, 0.25) is 0 Å². The van der Waals surface area contributed by atoms with Crippen LogP contribution in [-0.2, 0) is 4.79 Å². The van der Waals surface area contributed by atoms with Gasteiger partial charge in [0.1, 0.15) is 23.8 Å². The minimum atomic E-state index is -0.0328. The summed E-state index contributed by atoms with van der Waals surface area (Å²) in [4.78, 5) is 11.2. The number of ether oxygens (including phenoxy) is 2. The van der Waals surface area contributed by atoms with Crippen molar-refractivity contribution >= 4 is 11.6 Å². The van der Waals surface area contributed by atoms with Crippen LogP contribution in [0.4, 0.5) is 0 Å². The van der Waals surface area contributed by atoms with Crippen molar-refractivity contribution in [3.05, 3.63) is 23.8 Å². The first-order valence-corrected chi connectivity index (χ1v) is 6.12. The van der Waals surface area contributed by atoms with E-state index >= 15 is 0 Å². The molecule has 0 unspecified atom stereocenters. The molecule has 19 heavy (non-hydrogen) atoms. The van der Waals surface area contributed by atoms with E-state index in [4.69, 9.17) is 14.7 Å². The van der Waals surface area contributed by atoms with Gasteiger partial charge in [-0.05, 0) is 19.1 Å². The van der Waals surface area contributed by atoms with Crippen molar-refractivity contribution in [3.8, 4) is 11.5 Å². The largest absolute Gasteiger partial charge is 0.493 e. The average molecular weight is 264 g/mol. The van der Waals surface area contributed by atoms with Crippen molar-refractivity contribution < 1.29 is 19.5 Å². The van der Waals surface area contributed by atoms with Gasteiger partial charge in [0.15, 0.2) is 0 Å². The van der Waals surface area contributed by atoms with Crippen molar-refractivity contribution in [2.75, 3.05) is 19.8 Å². The summed E-state index contributed by atoms with van der Waals surface area (Å²) >= 11 is 0. The lowest BCUT2D eigenvalue weighted by atomic mass is 10.1. The molecule has 0 bridgehead atoms. The quantitative estimate of drug-likeness (QED) is 0.618. The molecule has 1 aliphatic heterocycles. The lowest BCUT2D eigenvalue weighted by Gasteiger charge is -2.07. The average Bonchev–Trinajstić information content (AvgIpc) is 2.81. The van der Waals surface area contributed by atoms with Crippen molar-refractivity contribution in [2.24, 2.45) is 5.16 Å². The molecular weight excluding hydrogens is 248 g/mol. The maximum Gasteiger partial charge on any atom is 0.223 e. The summed E-state index contributed by atoms with van der Waals surface area (Å²) in [5.74, 6) is 1.22. The van der Waals surface area contributed by atoms with Crippen molar-refractivity contribution in [2.45, 2.75) is 13.3 Å². The smallest absolute Gasteiger partial charge is 0.223 e. The minimum Gasteiger partial charge on any atom is -0.493 e. The molecule has 1 aliphatic rings. The lowest BCUT2D eigenvalue weighted by molar-refractivity contribution is -0.121. The van der Waals surface area contributed by atoms with Gasteiger partial charge in [-0.25, -0.2) is 0 Å². The first-order valence-electron chi connectivity index (χ1n) is 6.12. The number of rotatable bonds is 5. The maximum atomic E-state index is 11.2. The first-order chi connectivity index (χ1) is 9.24. The summed E-state index contributed by atoms with van der Waals surface area (Å²) in [6.07, 6.45) is 0.315. The number of carbonyl (C=O) groups is 1. The number of hydrogen-bond donors (Lipinski definition) is 2. The Labute approximate surface area is 111 Å². The van der Waals surface area contributed by atoms with Crippen LogP contribution in [0.25, 0.3) is 0 Å². The van der Waals surface area contributed by atoms with E-state index in [1.807, 2.05) is 6.92 Å². The van der Waals surface area contributed by atoms with Gasteiger partial charge in [-0.3, -0.25) is 4.79 Å². The summed E-state index contributed by atoms with van der Waals surface area (Å²) in [6, 6.07) is 5.26. The number of nitrogens with zero attached hydrogens (tertiary/aromatic N) is 1. The lowest BCUT2D eigenvalue weighted by Crippen LogP contribution is -2.24. The summed E-state index contributed by atoms with van der Waals surface area (Å²) in [7, 11) is 0. The normalized spacial score (nSPS) is 14.9. The molecule has 0 saturated carbocycles. The second-order valence-corrected chi connectivity index (χ2v) is 4.05. The van der Waals surface area contributed by atoms with E-state index in [9.17, 15) is 4.79 Å². The van der Waals surface area contributed by atoms with Gasteiger partial charge in [-0.1, -0.05) is 5.16 Å². The highest BCUT2D eigenvalue weighted by molar-refractivity contribution is 6.06. The fourth-order valence-electron chi connectivity index (χ4n) is 1.80. The van der Waals surface area contributed by atoms with Gasteiger partial charge < -0.3 is 20.0 Å². The molecule has 0 aromatic heterocycles. The summed E-state index contributed by atoms with van der Waals surface area (Å²) < 4.78 is 10.8. The molecule has 1 heterocycles. The first kappa shape index (κ1) is 13.2. The number of carbonyl (C=O) groups excluding carboxylic acids is 1. The number of hydrogen-bond acceptors (Lipinski definition) is 5. The van der Waals surface area contributed by atoms with E-state index in [-0.39, 0.29) is 12.5 Å². The molecule has 2 rings (SSSR count). The van der Waals surface area contributed by atoms with Crippen LogP contribution in [0.15, 0.2) is 23.4 Å². The van der Waals surface area contributed by atoms with Crippen molar-refractivity contribution in [1.82, 2.24) is 5.32 Å². The molecule has 0 saturated heterocycles. The van der Waals surface area contributed by atoms with E-state index in [0.717, 1.165) is 5.56 Å². The minimum absolute atomic E-state index is 0.0328. The Bertz CT molecular complexity index is 499. The Kier molecular flexibility index (Phi) is 4.22. The molecule has 0 fully saturated rings. The van der Waals surface area contributed by atoms with Gasteiger partial charge in [0, 0.05) is 18.2 Å². The highest BCUT2D eigenvalue weighted by Gasteiger charge is 2.20. The Hall–Kier alpha value is -2.24. The van der Waals surface area contributed by atoms with Crippen molar-refractivity contribution in [3.63, 3.8) is 0 Å². The van der Waals surface area contributed by atoms with Gasteiger partial charge >= 0.3 is 0 Å². The van der Waals surface area contributed by atoms with E-state index in [2.05, 4.69) is 10.5 Å². The second kappa shape index (κ2) is 6.08. The van der Waals surface area contributed by atoms with E-state index in [1.165, 1.54) is 0 Å². The van der Waals surface area contributed by atoms with Crippen LogP contribution < -0.4 is 14.8 Å². The third-order valence-corrected chi connectivity index (χ3v) is 2.72. The molecule has 0 radical (unpaired) electrons. The number of nitrogens with one attached hydrogen (secondary N) is 1. The number of oxime groups is 1. The third-order valence-electron chi connectivity index (χ3n) is 2.72. The fraction of sp³-hybridized carbons (Fsp3) is 0.385. The Morgan fingerprint density at radius 3 is 3.16 bits per heavy atom. The monoisotopic (exact) mass is 264 g/mol. The van der Waals surface area contributed by atoms with E-state index in [0.29, 0.717) is 36.8 Å². The molecule has 0 spiro atoms. The predicted molar refractivity (Wildman–Crippen MR) is 69.1 cm³/mol. The van der Waals surface area contributed by atoms with E-state index < -0.39 is 0 Å². The second-order valence-electron chi connectivity index (χ2n) is 4.05. The zero-order valence-electron chi connectivity index (χ0n) is 10.7. The predicted octanol–water partition coefficient (Wildman–Crippen LogP) is 1.16. The molecule has 0 aliphatic carbocycles. The zero-order chi connectivity index (χ0) is 13.7. The Morgan fingerprint density at radius 2 is 2.42 bits per heavy atom. The SMILES string of the molecule is CCNC(=O)CCOc1ccc2c(c1)OCC2=NO. The van der Waals surface area contributed by atoms with Gasteiger partial charge in [0.25, 0.3) is 0 Å². The van der Waals surface area contributed by atoms with Gasteiger partial charge in [-0.15, -0.1) is 0 Å². The Morgan fingerprint density at radius 1 is 1.58 bits per heavy atom. The van der Waals surface area contributed by atoms with Crippen LogP contribution in [0, 0.1) is 0 Å². The van der Waals surface area contributed by atoms with Crippen LogP contribution in [0.5, 0.6) is 11.5 Å². The molecule has 6 nitrogen and oxygen atoms in total. The molecule has 1 aromatic rings. The number of benzene rings is 1. The van der Waals surface area contributed by atoms with Crippen LogP contribution >= 0.6 is 0 Å². The fourth-order valence-corrected chi connectivity index (χ4v) is 1.80. The van der Waals surface area contributed by atoms with Crippen LogP contribution in [-0.4, -0.2) is 36.6 Å². The highest BCUT2D eigenvalue weighted by Crippen LogP contribution is 2.29. The number of fused-ring (bicyclic) bond motifs is 1. The molecule has 1 amide bonds. The summed E-state index contributed by atoms with van der Waals surface area (Å²) in [5.41, 5.74) is 1.27. The molecule has 102 valence electrons.